The number of hydrogen-bond donors (Lipinski definition) is 2. The first-order valence-electron chi connectivity index (χ1n) is 11.4. The zero-order valence-electron chi connectivity index (χ0n) is 20.3. The molecule has 206 valence electrons. The number of ether oxygens (including phenoxy) is 1. The third-order valence-electron chi connectivity index (χ3n) is 5.23. The van der Waals surface area contributed by atoms with Crippen LogP contribution in [0.1, 0.15) is 22.4 Å². The van der Waals surface area contributed by atoms with Crippen LogP contribution in [-0.2, 0) is 24.0 Å². The van der Waals surface area contributed by atoms with Gasteiger partial charge < -0.3 is 10.1 Å². The number of thiazole rings is 1. The van der Waals surface area contributed by atoms with E-state index in [1.807, 2.05) is 6.07 Å². The van der Waals surface area contributed by atoms with E-state index in [9.17, 15) is 28.1 Å². The van der Waals surface area contributed by atoms with Crippen molar-refractivity contribution in [3.05, 3.63) is 108 Å². The molecule has 0 saturated carbocycles. The van der Waals surface area contributed by atoms with E-state index in [1.54, 1.807) is 29.6 Å². The molecule has 3 aromatic carbocycles. The number of nitro benzene ring substituents is 1. The number of nitrogens with one attached hydrogen (secondary N) is 2. The van der Waals surface area contributed by atoms with Crippen LogP contribution >= 0.6 is 33.9 Å². The second-order valence-electron chi connectivity index (χ2n) is 8.22. The number of nitrogens with zero attached hydrogens (tertiary/aromatic N) is 3. The zero-order valence-corrected chi connectivity index (χ0v) is 23.3. The van der Waals surface area contributed by atoms with Gasteiger partial charge in [-0.1, -0.05) is 6.07 Å². The second-order valence-corrected chi connectivity index (χ2v) is 10.2. The summed E-state index contributed by atoms with van der Waals surface area (Å²) < 4.78 is 45.3. The molecular formula is C26H19F3IN5O4S. The molecule has 9 nitrogen and oxygen atoms in total. The summed E-state index contributed by atoms with van der Waals surface area (Å²) in [5, 5.41) is 19.5. The molecule has 0 aliphatic carbocycles. The normalized spacial score (nSPS) is 11.4. The minimum Gasteiger partial charge on any atom is -0.488 e. The highest BCUT2D eigenvalue weighted by atomic mass is 127. The SMILES string of the molecule is O=C(Cc1csc(Nc2cccc(C(F)(F)F)c2)n1)N/N=C\c1ccc(OCc2ccc([N+](=O)[O-])cc2)c(I)c1. The minimum atomic E-state index is -4.45. The lowest BCUT2D eigenvalue weighted by Crippen LogP contribution is -2.19. The average Bonchev–Trinajstić information content (AvgIpc) is 3.34. The fourth-order valence-corrected chi connectivity index (χ4v) is 4.74. The Hall–Kier alpha value is -4.05. The Morgan fingerprint density at radius 2 is 1.93 bits per heavy atom. The van der Waals surface area contributed by atoms with Crippen molar-refractivity contribution in [3.8, 4) is 5.75 Å². The lowest BCUT2D eigenvalue weighted by atomic mass is 10.2. The molecule has 0 aliphatic heterocycles. The van der Waals surface area contributed by atoms with Crippen molar-refractivity contribution in [1.29, 1.82) is 0 Å². The topological polar surface area (TPSA) is 119 Å². The summed E-state index contributed by atoms with van der Waals surface area (Å²) in [4.78, 5) is 26.8. The van der Waals surface area contributed by atoms with Crippen molar-refractivity contribution < 1.29 is 27.6 Å². The molecule has 1 aromatic heterocycles. The smallest absolute Gasteiger partial charge is 0.416 e. The quantitative estimate of drug-likeness (QED) is 0.0834. The zero-order chi connectivity index (χ0) is 28.7. The maximum Gasteiger partial charge on any atom is 0.416 e. The molecule has 0 unspecified atom stereocenters. The van der Waals surface area contributed by atoms with Crippen LogP contribution in [0.3, 0.4) is 0 Å². The van der Waals surface area contributed by atoms with Crippen molar-refractivity contribution in [1.82, 2.24) is 10.4 Å². The van der Waals surface area contributed by atoms with E-state index < -0.39 is 22.6 Å². The molecule has 0 spiro atoms. The van der Waals surface area contributed by atoms with Crippen LogP contribution in [0.15, 0.2) is 77.2 Å². The van der Waals surface area contributed by atoms with Gasteiger partial charge in [0.1, 0.15) is 12.4 Å². The number of amides is 1. The van der Waals surface area contributed by atoms with E-state index in [2.05, 4.69) is 43.4 Å². The lowest BCUT2D eigenvalue weighted by molar-refractivity contribution is -0.384. The summed E-state index contributed by atoms with van der Waals surface area (Å²) in [6.07, 6.45) is -3.04. The maximum absolute atomic E-state index is 12.9. The van der Waals surface area contributed by atoms with E-state index >= 15 is 0 Å². The van der Waals surface area contributed by atoms with E-state index in [1.165, 1.54) is 41.8 Å². The molecule has 14 heteroatoms. The molecule has 4 aromatic rings. The fourth-order valence-electron chi connectivity index (χ4n) is 3.31. The van der Waals surface area contributed by atoms with Crippen LogP contribution in [-0.4, -0.2) is 22.0 Å². The van der Waals surface area contributed by atoms with Crippen LogP contribution < -0.4 is 15.5 Å². The van der Waals surface area contributed by atoms with Crippen molar-refractivity contribution in [3.63, 3.8) is 0 Å². The van der Waals surface area contributed by atoms with Crippen molar-refractivity contribution in [2.75, 3.05) is 5.32 Å². The van der Waals surface area contributed by atoms with Crippen LogP contribution in [0.2, 0.25) is 0 Å². The number of carbonyl (C=O) groups is 1. The summed E-state index contributed by atoms with van der Waals surface area (Å²) in [5.74, 6) is 0.211. The summed E-state index contributed by atoms with van der Waals surface area (Å²) in [6, 6.07) is 16.2. The molecule has 4 rings (SSSR count). The molecule has 40 heavy (non-hydrogen) atoms. The highest BCUT2D eigenvalue weighted by Crippen LogP contribution is 2.32. The number of rotatable bonds is 10. The Kier molecular flexibility index (Phi) is 9.31. The van der Waals surface area contributed by atoms with Gasteiger partial charge in [0.05, 0.1) is 32.4 Å². The summed E-state index contributed by atoms with van der Waals surface area (Å²) >= 11 is 3.27. The molecule has 1 heterocycles. The number of benzene rings is 3. The third-order valence-corrected chi connectivity index (χ3v) is 6.88. The number of anilines is 2. The van der Waals surface area contributed by atoms with E-state index in [0.29, 0.717) is 22.1 Å². The molecular weight excluding hydrogens is 662 g/mol. The highest BCUT2D eigenvalue weighted by molar-refractivity contribution is 14.1. The summed E-state index contributed by atoms with van der Waals surface area (Å²) in [6.45, 7) is 0.241. The number of halogens is 4. The number of carbonyl (C=O) groups excluding carboxylic acids is 1. The fraction of sp³-hybridized carbons (Fsp3) is 0.115. The lowest BCUT2D eigenvalue weighted by Gasteiger charge is -2.09. The van der Waals surface area contributed by atoms with Gasteiger partial charge in [0, 0.05) is 23.2 Å². The molecule has 0 radical (unpaired) electrons. The van der Waals surface area contributed by atoms with Gasteiger partial charge in [-0.25, -0.2) is 10.4 Å². The van der Waals surface area contributed by atoms with Gasteiger partial charge >= 0.3 is 6.18 Å². The molecule has 1 amide bonds. The summed E-state index contributed by atoms with van der Waals surface area (Å²) in [5.41, 5.74) is 3.84. The van der Waals surface area contributed by atoms with Gasteiger partial charge in [0.15, 0.2) is 5.13 Å². The van der Waals surface area contributed by atoms with Crippen LogP contribution in [0, 0.1) is 13.7 Å². The van der Waals surface area contributed by atoms with Crippen LogP contribution in [0.4, 0.5) is 29.7 Å². The Bertz CT molecular complexity index is 1540. The molecule has 2 N–H and O–H groups in total. The average molecular weight is 681 g/mol. The molecule has 0 atom stereocenters. The van der Waals surface area contributed by atoms with Crippen molar-refractivity contribution in [2.24, 2.45) is 5.10 Å². The second kappa shape index (κ2) is 12.9. The largest absolute Gasteiger partial charge is 0.488 e. The number of non-ortho nitro benzene ring substituents is 1. The first kappa shape index (κ1) is 28.9. The monoisotopic (exact) mass is 681 g/mol. The van der Waals surface area contributed by atoms with Crippen molar-refractivity contribution >= 4 is 62.6 Å². The number of nitro groups is 1. The first-order chi connectivity index (χ1) is 19.1. The number of alkyl halides is 3. The molecule has 0 fully saturated rings. The molecule has 0 saturated heterocycles. The van der Waals surface area contributed by atoms with Gasteiger partial charge in [-0.05, 0) is 82.2 Å². The Labute approximate surface area is 243 Å². The first-order valence-corrected chi connectivity index (χ1v) is 13.4. The predicted octanol–water partition coefficient (Wildman–Crippen LogP) is 6.69. The van der Waals surface area contributed by atoms with Crippen LogP contribution in [0.5, 0.6) is 5.75 Å². The van der Waals surface area contributed by atoms with Gasteiger partial charge in [0.2, 0.25) is 5.91 Å². The van der Waals surface area contributed by atoms with Gasteiger partial charge in [-0.15, -0.1) is 11.3 Å². The van der Waals surface area contributed by atoms with E-state index in [-0.39, 0.29) is 24.4 Å². The maximum atomic E-state index is 12.9. The van der Waals surface area contributed by atoms with E-state index in [4.69, 9.17) is 4.74 Å². The van der Waals surface area contributed by atoms with Crippen molar-refractivity contribution in [2.45, 2.75) is 19.2 Å². The number of hydrazone groups is 1. The standard InChI is InChI=1S/C26H19F3IN5O4S/c27-26(28,29)18-2-1-3-19(11-18)32-25-33-20(15-40-25)12-24(36)34-31-13-17-6-9-23(22(30)10-17)39-14-16-4-7-21(8-5-16)35(37)38/h1-11,13,15H,12,14H2,(H,32,33)(H,34,36)/b31-13-. The third kappa shape index (κ3) is 8.22. The minimum absolute atomic E-state index is 0.0106. The highest BCUT2D eigenvalue weighted by Gasteiger charge is 2.30. The molecule has 0 bridgehead atoms. The Balaban J connectivity index is 1.26. The predicted molar refractivity (Wildman–Crippen MR) is 153 cm³/mol. The van der Waals surface area contributed by atoms with Gasteiger partial charge in [0.25, 0.3) is 5.69 Å². The van der Waals surface area contributed by atoms with Gasteiger partial charge in [-0.3, -0.25) is 14.9 Å². The van der Waals surface area contributed by atoms with E-state index in [0.717, 1.165) is 21.3 Å². The Morgan fingerprint density at radius 1 is 1.15 bits per heavy atom. The van der Waals surface area contributed by atoms with Crippen LogP contribution in [0.25, 0.3) is 0 Å². The number of aromatic nitrogens is 1. The van der Waals surface area contributed by atoms with Gasteiger partial charge in [-0.2, -0.15) is 18.3 Å². The Morgan fingerprint density at radius 3 is 2.62 bits per heavy atom. The number of hydrogen-bond acceptors (Lipinski definition) is 8. The molecule has 0 aliphatic rings. The summed E-state index contributed by atoms with van der Waals surface area (Å²) in [7, 11) is 0.